The van der Waals surface area contributed by atoms with E-state index in [4.69, 9.17) is 5.73 Å². The quantitative estimate of drug-likeness (QED) is 0.398. The summed E-state index contributed by atoms with van der Waals surface area (Å²) in [6.45, 7) is 1.73. The zero-order valence-electron chi connectivity index (χ0n) is 16.9. The van der Waals surface area contributed by atoms with E-state index in [1.54, 1.807) is 23.1 Å². The fourth-order valence-electron chi connectivity index (χ4n) is 3.25. The van der Waals surface area contributed by atoms with Crippen LogP contribution in [0.2, 0.25) is 0 Å². The standard InChI is InChI=1S/C21H19N9OS/c22-4-6-30-12-16(11-25-30)19(31)27-18-8-13(3-5-24-18)20-28-29-21(32-20)26-17-2-1-14-9-23-10-15(14)7-17/h1-3,5,7-8,10-12H,4,6,9,22H2,(H,26,29)(H,24,27,31). The van der Waals surface area contributed by atoms with Crippen LogP contribution in [0.1, 0.15) is 21.5 Å². The minimum Gasteiger partial charge on any atom is -0.330 e. The highest BCUT2D eigenvalue weighted by molar-refractivity contribution is 7.18. The predicted octanol–water partition coefficient (Wildman–Crippen LogP) is 2.68. The second kappa shape index (κ2) is 8.65. The van der Waals surface area contributed by atoms with Crippen molar-refractivity contribution in [1.82, 2.24) is 25.0 Å². The molecule has 0 bridgehead atoms. The lowest BCUT2D eigenvalue weighted by atomic mass is 10.1. The van der Waals surface area contributed by atoms with Gasteiger partial charge in [0.2, 0.25) is 5.13 Å². The van der Waals surface area contributed by atoms with E-state index in [1.165, 1.54) is 23.1 Å². The summed E-state index contributed by atoms with van der Waals surface area (Å²) in [6.07, 6.45) is 6.65. The van der Waals surface area contributed by atoms with Crippen LogP contribution in [-0.4, -0.2) is 43.6 Å². The van der Waals surface area contributed by atoms with Crippen molar-refractivity contribution in [2.45, 2.75) is 13.1 Å². The molecule has 4 aromatic rings. The van der Waals surface area contributed by atoms with Gasteiger partial charge >= 0.3 is 0 Å². The number of aliphatic imine (C=N–C) groups is 1. The van der Waals surface area contributed by atoms with Crippen molar-refractivity contribution in [3.05, 3.63) is 65.6 Å². The molecule has 0 fully saturated rings. The number of hydrogen-bond donors (Lipinski definition) is 3. The normalized spacial score (nSPS) is 12.0. The first-order chi connectivity index (χ1) is 15.7. The summed E-state index contributed by atoms with van der Waals surface area (Å²) in [7, 11) is 0. The van der Waals surface area contributed by atoms with Gasteiger partial charge in [-0.1, -0.05) is 17.4 Å². The molecule has 0 aliphatic carbocycles. The first-order valence-electron chi connectivity index (χ1n) is 9.91. The molecule has 0 radical (unpaired) electrons. The van der Waals surface area contributed by atoms with Gasteiger partial charge in [0.15, 0.2) is 0 Å². The summed E-state index contributed by atoms with van der Waals surface area (Å²) >= 11 is 1.41. The number of aromatic nitrogens is 5. The number of benzene rings is 1. The first-order valence-corrected chi connectivity index (χ1v) is 10.7. The van der Waals surface area contributed by atoms with Crippen molar-refractivity contribution in [2.24, 2.45) is 10.7 Å². The van der Waals surface area contributed by atoms with Crippen LogP contribution in [-0.2, 0) is 13.1 Å². The zero-order chi connectivity index (χ0) is 21.9. The molecule has 1 aromatic carbocycles. The molecule has 5 rings (SSSR count). The largest absolute Gasteiger partial charge is 0.330 e. The van der Waals surface area contributed by atoms with E-state index < -0.39 is 0 Å². The number of pyridine rings is 1. The Hall–Kier alpha value is -3.96. The molecule has 4 heterocycles. The van der Waals surface area contributed by atoms with Crippen LogP contribution in [0, 0.1) is 0 Å². The number of carbonyl (C=O) groups is 1. The van der Waals surface area contributed by atoms with Crippen molar-refractivity contribution < 1.29 is 4.79 Å². The Morgan fingerprint density at radius 2 is 2.16 bits per heavy atom. The lowest BCUT2D eigenvalue weighted by Crippen LogP contribution is -2.13. The number of nitrogens with zero attached hydrogens (tertiary/aromatic N) is 6. The summed E-state index contributed by atoms with van der Waals surface area (Å²) in [5, 5.41) is 20.1. The van der Waals surface area contributed by atoms with E-state index in [9.17, 15) is 4.79 Å². The Balaban J connectivity index is 1.28. The molecule has 0 saturated heterocycles. The molecule has 11 heteroatoms. The van der Waals surface area contributed by atoms with Gasteiger partial charge in [0, 0.05) is 36.4 Å². The number of nitrogens with one attached hydrogen (secondary N) is 2. The van der Waals surface area contributed by atoms with Crippen molar-refractivity contribution in [3.63, 3.8) is 0 Å². The molecule has 0 spiro atoms. The van der Waals surface area contributed by atoms with Crippen LogP contribution in [0.15, 0.2) is 53.9 Å². The average Bonchev–Trinajstić information content (AvgIpc) is 3.55. The van der Waals surface area contributed by atoms with E-state index in [0.29, 0.717) is 34.6 Å². The third kappa shape index (κ3) is 4.24. The molecule has 0 atom stereocenters. The summed E-state index contributed by atoms with van der Waals surface area (Å²) in [5.74, 6) is 0.124. The maximum Gasteiger partial charge on any atom is 0.260 e. The van der Waals surface area contributed by atoms with Crippen molar-refractivity contribution in [3.8, 4) is 10.6 Å². The van der Waals surface area contributed by atoms with E-state index >= 15 is 0 Å². The van der Waals surface area contributed by atoms with E-state index in [2.05, 4.69) is 42.0 Å². The van der Waals surface area contributed by atoms with Gasteiger partial charge in [0.1, 0.15) is 10.8 Å². The molecule has 1 aliphatic heterocycles. The molecule has 10 nitrogen and oxygen atoms in total. The molecule has 160 valence electrons. The van der Waals surface area contributed by atoms with Gasteiger partial charge in [-0.3, -0.25) is 14.5 Å². The molecule has 1 aliphatic rings. The molecule has 1 amide bonds. The summed E-state index contributed by atoms with van der Waals surface area (Å²) < 4.78 is 1.63. The van der Waals surface area contributed by atoms with E-state index in [1.807, 2.05) is 24.4 Å². The third-order valence-electron chi connectivity index (χ3n) is 4.82. The summed E-state index contributed by atoms with van der Waals surface area (Å²) in [4.78, 5) is 21.0. The number of hydrogen-bond acceptors (Lipinski definition) is 9. The third-order valence-corrected chi connectivity index (χ3v) is 5.70. The number of fused-ring (bicyclic) bond motifs is 1. The minimum atomic E-state index is -0.294. The van der Waals surface area contributed by atoms with Crippen molar-refractivity contribution in [1.29, 1.82) is 0 Å². The summed E-state index contributed by atoms with van der Waals surface area (Å²) in [6, 6.07) is 9.70. The van der Waals surface area contributed by atoms with Crippen LogP contribution in [0.5, 0.6) is 0 Å². The SMILES string of the molecule is NCCn1cc(C(=O)Nc2cc(-c3nnc(Nc4ccc5c(c4)C=NC5)s3)ccn2)cn1. The average molecular weight is 446 g/mol. The van der Waals surface area contributed by atoms with Crippen LogP contribution >= 0.6 is 11.3 Å². The van der Waals surface area contributed by atoms with Crippen LogP contribution in [0.4, 0.5) is 16.6 Å². The number of anilines is 3. The Morgan fingerprint density at radius 1 is 1.22 bits per heavy atom. The minimum absolute atomic E-state index is 0.294. The predicted molar refractivity (Wildman–Crippen MR) is 123 cm³/mol. The fourth-order valence-corrected chi connectivity index (χ4v) is 4.01. The Bertz CT molecular complexity index is 1310. The highest BCUT2D eigenvalue weighted by Gasteiger charge is 2.13. The Kier molecular flexibility index (Phi) is 5.40. The molecule has 4 N–H and O–H groups in total. The van der Waals surface area contributed by atoms with Gasteiger partial charge in [0.25, 0.3) is 5.91 Å². The zero-order valence-corrected chi connectivity index (χ0v) is 17.7. The van der Waals surface area contributed by atoms with Gasteiger partial charge in [-0.15, -0.1) is 10.2 Å². The van der Waals surface area contributed by atoms with Crippen LogP contribution < -0.4 is 16.4 Å². The van der Waals surface area contributed by atoms with E-state index in [0.717, 1.165) is 23.4 Å². The Labute approximate surface area is 187 Å². The van der Waals surface area contributed by atoms with Gasteiger partial charge in [0.05, 0.1) is 24.8 Å². The number of carbonyl (C=O) groups excluding carboxylic acids is 1. The first kappa shape index (κ1) is 20.0. The van der Waals surface area contributed by atoms with E-state index in [-0.39, 0.29) is 5.91 Å². The maximum atomic E-state index is 12.5. The topological polar surface area (TPSA) is 136 Å². The second-order valence-corrected chi connectivity index (χ2v) is 8.06. The highest BCUT2D eigenvalue weighted by Crippen LogP contribution is 2.30. The molecular weight excluding hydrogens is 426 g/mol. The fraction of sp³-hybridized carbons (Fsp3) is 0.143. The maximum absolute atomic E-state index is 12.5. The van der Waals surface area contributed by atoms with Crippen LogP contribution in [0.25, 0.3) is 10.6 Å². The van der Waals surface area contributed by atoms with Crippen molar-refractivity contribution >= 4 is 40.1 Å². The number of amides is 1. The Morgan fingerprint density at radius 3 is 3.06 bits per heavy atom. The molecular formula is C21H19N9OS. The molecule has 0 unspecified atom stereocenters. The lowest BCUT2D eigenvalue weighted by molar-refractivity contribution is 0.102. The van der Waals surface area contributed by atoms with Gasteiger partial charge in [-0.25, -0.2) is 4.98 Å². The number of nitrogens with two attached hydrogens (primary N) is 1. The number of rotatable bonds is 7. The molecule has 0 saturated carbocycles. The van der Waals surface area contributed by atoms with Gasteiger partial charge in [-0.2, -0.15) is 5.10 Å². The smallest absolute Gasteiger partial charge is 0.260 e. The summed E-state index contributed by atoms with van der Waals surface area (Å²) in [5.41, 5.74) is 10.0. The lowest BCUT2D eigenvalue weighted by Gasteiger charge is -2.04. The monoisotopic (exact) mass is 445 g/mol. The van der Waals surface area contributed by atoms with Gasteiger partial charge < -0.3 is 16.4 Å². The van der Waals surface area contributed by atoms with Gasteiger partial charge in [-0.05, 0) is 35.4 Å². The van der Waals surface area contributed by atoms with Crippen LogP contribution in [0.3, 0.4) is 0 Å². The van der Waals surface area contributed by atoms with Crippen molar-refractivity contribution in [2.75, 3.05) is 17.2 Å². The highest BCUT2D eigenvalue weighted by atomic mass is 32.1. The molecule has 32 heavy (non-hydrogen) atoms. The molecule has 3 aromatic heterocycles. The second-order valence-electron chi connectivity index (χ2n) is 7.09.